The molecular weight excluding hydrogens is 286 g/mol. The quantitative estimate of drug-likeness (QED) is 0.863. The van der Waals surface area contributed by atoms with Gasteiger partial charge in [-0.1, -0.05) is 0 Å². The van der Waals surface area contributed by atoms with Gasteiger partial charge in [0.05, 0.1) is 5.69 Å². The van der Waals surface area contributed by atoms with Crippen LogP contribution < -0.4 is 5.32 Å². The molecule has 8 heteroatoms. The van der Waals surface area contributed by atoms with Gasteiger partial charge in [-0.2, -0.15) is 4.31 Å². The summed E-state index contributed by atoms with van der Waals surface area (Å²) in [6, 6.07) is 3.40. The molecule has 1 aliphatic rings. The standard InChI is InChI=1S/C11H17N3O3S2/c1-2-12-10-4-3-5-13-11(10)19(16,17)14-6-8-18(15)9-7-14/h3-5,12H,2,6-9H2,1H3. The molecule has 0 atom stereocenters. The van der Waals surface area contributed by atoms with Crippen molar-refractivity contribution in [3.05, 3.63) is 18.3 Å². The first-order valence-electron chi connectivity index (χ1n) is 6.09. The predicted octanol–water partition coefficient (Wildman–Crippen LogP) is 0.266. The van der Waals surface area contributed by atoms with Crippen molar-refractivity contribution >= 4 is 26.5 Å². The highest BCUT2D eigenvalue weighted by molar-refractivity contribution is 7.89. The van der Waals surface area contributed by atoms with Crippen LogP contribution in [0.1, 0.15) is 6.92 Å². The lowest BCUT2D eigenvalue weighted by Crippen LogP contribution is -2.42. The van der Waals surface area contributed by atoms with Gasteiger partial charge >= 0.3 is 0 Å². The highest BCUT2D eigenvalue weighted by Crippen LogP contribution is 2.22. The number of aromatic nitrogens is 1. The average Bonchev–Trinajstić information content (AvgIpc) is 2.40. The fourth-order valence-electron chi connectivity index (χ4n) is 1.91. The van der Waals surface area contributed by atoms with Crippen LogP contribution in [-0.4, -0.2) is 53.1 Å². The Balaban J connectivity index is 2.31. The minimum atomic E-state index is -3.61. The summed E-state index contributed by atoms with van der Waals surface area (Å²) >= 11 is 0. The third-order valence-corrected chi connectivity index (χ3v) is 5.99. The van der Waals surface area contributed by atoms with Crippen molar-refractivity contribution in [3.63, 3.8) is 0 Å². The summed E-state index contributed by atoms with van der Waals surface area (Å²) in [5.74, 6) is 0.783. The maximum Gasteiger partial charge on any atom is 0.262 e. The first-order valence-corrected chi connectivity index (χ1v) is 9.02. The first-order chi connectivity index (χ1) is 9.05. The number of hydrogen-bond donors (Lipinski definition) is 1. The second-order valence-electron chi connectivity index (χ2n) is 4.14. The van der Waals surface area contributed by atoms with E-state index >= 15 is 0 Å². The summed E-state index contributed by atoms with van der Waals surface area (Å²) in [5, 5.41) is 3.05. The summed E-state index contributed by atoms with van der Waals surface area (Å²) in [5.41, 5.74) is 0.511. The molecule has 0 bridgehead atoms. The number of nitrogens with one attached hydrogen (secondary N) is 1. The van der Waals surface area contributed by atoms with Gasteiger partial charge in [0, 0.05) is 48.1 Å². The topological polar surface area (TPSA) is 79.4 Å². The Labute approximate surface area is 115 Å². The van der Waals surface area contributed by atoms with Crippen molar-refractivity contribution in [1.82, 2.24) is 9.29 Å². The summed E-state index contributed by atoms with van der Waals surface area (Å²) < 4.78 is 37.7. The highest BCUT2D eigenvalue weighted by atomic mass is 32.2. The molecule has 0 aromatic carbocycles. The van der Waals surface area contributed by atoms with Crippen molar-refractivity contribution < 1.29 is 12.6 Å². The van der Waals surface area contributed by atoms with Crippen LogP contribution in [0.15, 0.2) is 23.4 Å². The average molecular weight is 303 g/mol. The van der Waals surface area contributed by atoms with Gasteiger partial charge in [0.25, 0.3) is 10.0 Å². The van der Waals surface area contributed by atoms with Crippen LogP contribution in [0.2, 0.25) is 0 Å². The Bertz CT molecular complexity index is 564. The minimum Gasteiger partial charge on any atom is -0.383 e. The van der Waals surface area contributed by atoms with Crippen LogP contribution >= 0.6 is 0 Å². The minimum absolute atomic E-state index is 0.0459. The zero-order valence-electron chi connectivity index (χ0n) is 10.7. The Hall–Kier alpha value is -0.990. The van der Waals surface area contributed by atoms with E-state index in [0.29, 0.717) is 23.7 Å². The fraction of sp³-hybridized carbons (Fsp3) is 0.545. The van der Waals surface area contributed by atoms with E-state index in [1.165, 1.54) is 10.5 Å². The Morgan fingerprint density at radius 2 is 2.11 bits per heavy atom. The van der Waals surface area contributed by atoms with Crippen molar-refractivity contribution in [2.45, 2.75) is 11.9 Å². The highest BCUT2D eigenvalue weighted by Gasteiger charge is 2.30. The van der Waals surface area contributed by atoms with Gasteiger partial charge in [-0.25, -0.2) is 13.4 Å². The summed E-state index contributed by atoms with van der Waals surface area (Å²) in [4.78, 5) is 4.00. The van der Waals surface area contributed by atoms with E-state index in [2.05, 4.69) is 10.3 Å². The van der Waals surface area contributed by atoms with E-state index in [9.17, 15) is 12.6 Å². The summed E-state index contributed by atoms with van der Waals surface area (Å²) in [7, 11) is -4.52. The summed E-state index contributed by atoms with van der Waals surface area (Å²) in [6.45, 7) is 3.10. The lowest BCUT2D eigenvalue weighted by Gasteiger charge is -2.25. The monoisotopic (exact) mass is 303 g/mol. The molecule has 1 aromatic rings. The maximum absolute atomic E-state index is 12.5. The lowest BCUT2D eigenvalue weighted by molar-refractivity contribution is 0.436. The number of hydrogen-bond acceptors (Lipinski definition) is 5. The van der Waals surface area contributed by atoms with E-state index < -0.39 is 20.8 Å². The van der Waals surface area contributed by atoms with Gasteiger partial charge < -0.3 is 5.32 Å². The SMILES string of the molecule is CCNc1cccnc1S(=O)(=O)N1CCS(=O)CC1. The van der Waals surface area contributed by atoms with E-state index in [-0.39, 0.29) is 18.1 Å². The van der Waals surface area contributed by atoms with Gasteiger partial charge in [0.2, 0.25) is 0 Å². The molecule has 0 radical (unpaired) electrons. The molecule has 0 aliphatic carbocycles. The molecule has 0 saturated carbocycles. The third-order valence-electron chi connectivity index (χ3n) is 2.86. The molecule has 2 rings (SSSR count). The van der Waals surface area contributed by atoms with Crippen LogP contribution in [0, 0.1) is 0 Å². The number of sulfonamides is 1. The van der Waals surface area contributed by atoms with Crippen molar-refractivity contribution in [1.29, 1.82) is 0 Å². The van der Waals surface area contributed by atoms with E-state index in [1.807, 2.05) is 6.92 Å². The number of pyridine rings is 1. The molecule has 0 unspecified atom stereocenters. The maximum atomic E-state index is 12.5. The van der Waals surface area contributed by atoms with Crippen LogP contribution in [0.4, 0.5) is 5.69 Å². The molecule has 0 amide bonds. The molecule has 19 heavy (non-hydrogen) atoms. The molecule has 1 aromatic heterocycles. The Morgan fingerprint density at radius 1 is 1.42 bits per heavy atom. The lowest BCUT2D eigenvalue weighted by atomic mass is 10.4. The molecule has 1 fully saturated rings. The summed E-state index contributed by atoms with van der Waals surface area (Å²) in [6.07, 6.45) is 1.47. The third kappa shape index (κ3) is 3.13. The second-order valence-corrected chi connectivity index (χ2v) is 7.69. The molecular formula is C11H17N3O3S2. The van der Waals surface area contributed by atoms with Gasteiger partial charge in [0.1, 0.15) is 0 Å². The van der Waals surface area contributed by atoms with Crippen molar-refractivity contribution in [3.8, 4) is 0 Å². The van der Waals surface area contributed by atoms with Crippen LogP contribution in [-0.2, 0) is 20.8 Å². The van der Waals surface area contributed by atoms with E-state index in [1.54, 1.807) is 12.1 Å². The van der Waals surface area contributed by atoms with Gasteiger partial charge in [-0.05, 0) is 19.1 Å². The zero-order valence-corrected chi connectivity index (χ0v) is 12.3. The first kappa shape index (κ1) is 14.4. The van der Waals surface area contributed by atoms with E-state index in [4.69, 9.17) is 0 Å². The van der Waals surface area contributed by atoms with Crippen molar-refractivity contribution in [2.75, 3.05) is 36.5 Å². The molecule has 1 saturated heterocycles. The van der Waals surface area contributed by atoms with Gasteiger partial charge in [-0.3, -0.25) is 4.21 Å². The van der Waals surface area contributed by atoms with Crippen LogP contribution in [0.3, 0.4) is 0 Å². The van der Waals surface area contributed by atoms with E-state index in [0.717, 1.165) is 0 Å². The number of nitrogens with zero attached hydrogens (tertiary/aromatic N) is 2. The van der Waals surface area contributed by atoms with Gasteiger partial charge in [0.15, 0.2) is 5.03 Å². The zero-order chi connectivity index (χ0) is 13.9. The Kier molecular flexibility index (Phi) is 4.54. The predicted molar refractivity (Wildman–Crippen MR) is 75.0 cm³/mol. The number of anilines is 1. The fourth-order valence-corrected chi connectivity index (χ4v) is 4.71. The Morgan fingerprint density at radius 3 is 2.74 bits per heavy atom. The molecule has 6 nitrogen and oxygen atoms in total. The largest absolute Gasteiger partial charge is 0.383 e. The van der Waals surface area contributed by atoms with Crippen molar-refractivity contribution in [2.24, 2.45) is 0 Å². The molecule has 2 heterocycles. The molecule has 1 N–H and O–H groups in total. The van der Waals surface area contributed by atoms with Gasteiger partial charge in [-0.15, -0.1) is 0 Å². The number of rotatable bonds is 4. The smallest absolute Gasteiger partial charge is 0.262 e. The molecule has 1 aliphatic heterocycles. The normalized spacial score (nSPS) is 18.4. The molecule has 106 valence electrons. The van der Waals surface area contributed by atoms with Crippen LogP contribution in [0.25, 0.3) is 0 Å². The van der Waals surface area contributed by atoms with Crippen LogP contribution in [0.5, 0.6) is 0 Å². The second kappa shape index (κ2) is 5.98. The molecule has 0 spiro atoms.